The van der Waals surface area contributed by atoms with Crippen LogP contribution in [0.15, 0.2) is 103 Å². The fourth-order valence-corrected chi connectivity index (χ4v) is 8.94. The van der Waals surface area contributed by atoms with Gasteiger partial charge >= 0.3 is 12.0 Å². The second-order valence-electron chi connectivity index (χ2n) is 17.0. The van der Waals surface area contributed by atoms with Gasteiger partial charge in [-0.25, -0.2) is 9.59 Å². The van der Waals surface area contributed by atoms with Crippen molar-refractivity contribution in [2.45, 2.75) is 110 Å². The molecule has 0 unspecified atom stereocenters. The zero-order chi connectivity index (χ0) is 43.3. The maximum Gasteiger partial charge on any atom is 0.326 e. The number of nitrogens with zero attached hydrogens (tertiary/aromatic N) is 2. The molecule has 62 heavy (non-hydrogen) atoms. The molecule has 4 aromatic carbocycles. The summed E-state index contributed by atoms with van der Waals surface area (Å²) in [4.78, 5) is 47.0. The number of carbonyl (C=O) groups is 3. The van der Waals surface area contributed by atoms with Gasteiger partial charge in [0.05, 0.1) is 12.1 Å². The molecule has 4 atom stereocenters. The van der Waals surface area contributed by atoms with Crippen molar-refractivity contribution in [3.63, 3.8) is 0 Å². The van der Waals surface area contributed by atoms with E-state index >= 15 is 0 Å². The molecular formula is C51H56N4O7. The summed E-state index contributed by atoms with van der Waals surface area (Å²) in [5.41, 5.74) is 8.33. The summed E-state index contributed by atoms with van der Waals surface area (Å²) in [7, 11) is 0. The number of ether oxygens (including phenoxy) is 3. The van der Waals surface area contributed by atoms with Crippen LogP contribution in [0.25, 0.3) is 11.1 Å². The van der Waals surface area contributed by atoms with Crippen molar-refractivity contribution in [1.29, 1.82) is 0 Å². The van der Waals surface area contributed by atoms with Crippen LogP contribution >= 0.6 is 0 Å². The maximum absolute atomic E-state index is 14.3. The van der Waals surface area contributed by atoms with Crippen LogP contribution in [0, 0.1) is 19.8 Å². The predicted octanol–water partition coefficient (Wildman–Crippen LogP) is 9.24. The van der Waals surface area contributed by atoms with Gasteiger partial charge in [0.25, 0.3) is 0 Å². The summed E-state index contributed by atoms with van der Waals surface area (Å²) in [6.45, 7) is 8.54. The van der Waals surface area contributed by atoms with Gasteiger partial charge in [0.15, 0.2) is 17.6 Å². The molecule has 1 fully saturated rings. The van der Waals surface area contributed by atoms with E-state index in [0.717, 1.165) is 74.7 Å². The lowest BCUT2D eigenvalue weighted by atomic mass is 9.86. The van der Waals surface area contributed by atoms with E-state index in [1.165, 1.54) is 24.2 Å². The Labute approximate surface area is 363 Å². The van der Waals surface area contributed by atoms with Crippen molar-refractivity contribution in [3.8, 4) is 28.4 Å². The third kappa shape index (κ3) is 9.57. The number of hydrogen-bond acceptors (Lipinski definition) is 7. The number of hydrogen-bond donors (Lipinski definition) is 3. The van der Waals surface area contributed by atoms with E-state index in [1.54, 1.807) is 6.20 Å². The number of fused-ring (bicyclic) bond motifs is 2. The van der Waals surface area contributed by atoms with Gasteiger partial charge in [0, 0.05) is 31.3 Å². The fraction of sp³-hybridized carbons (Fsp3) is 0.373. The van der Waals surface area contributed by atoms with Gasteiger partial charge in [-0.1, -0.05) is 80.1 Å². The number of carbonyl (C=O) groups excluding carboxylic acids is 2. The SMILES string of the molecule is CC[C@H]1CC[C@@H](Oc2ccc([C@H]3COc4cc5c(cc4O3)CN(C(=O)N[C@H](C)c3ccccc3)[C@H](C(=O)N[C@@H](Cc3ccc(-c4ccnc(C)c4C)cc3)C(=O)O)C5)cc2)CC1. The summed E-state index contributed by atoms with van der Waals surface area (Å²) < 4.78 is 19.1. The topological polar surface area (TPSA) is 139 Å². The first-order valence-electron chi connectivity index (χ1n) is 21.9. The number of carboxylic acid groups (broad SMARTS) is 1. The number of aliphatic carboxylic acids is 1. The highest BCUT2D eigenvalue weighted by Crippen LogP contribution is 2.41. The van der Waals surface area contributed by atoms with Crippen LogP contribution in [0.5, 0.6) is 17.2 Å². The molecule has 11 heteroatoms. The van der Waals surface area contributed by atoms with Crippen molar-refractivity contribution >= 4 is 17.9 Å². The van der Waals surface area contributed by atoms with Gasteiger partial charge in [-0.15, -0.1) is 0 Å². The Bertz CT molecular complexity index is 2380. The molecule has 3 N–H and O–H groups in total. The average Bonchev–Trinajstić information content (AvgIpc) is 3.29. The standard InChI is InChI=1S/C51H56N4O7/c1-5-34-13-19-41(20-14-34)61-42-21-17-38(18-22-42)48-30-60-46-27-39-26-45(55(29-40(39)28-47(46)62-48)51(59)53-33(4)36-9-7-6-8-10-36)49(56)54-44(50(57)58)25-35-11-15-37(16-12-35)43-23-24-52-32(3)31(43)2/h6-12,15-18,21-24,27-28,33-34,41,44-45,48H,5,13-14,19-20,25-26,29-30H2,1-4H3,(H,53,59)(H,54,56)(H,57,58)/t33-,34-,41+,44+,45+,48-/m1/s1. The number of carboxylic acids is 1. The van der Waals surface area contributed by atoms with Crippen LogP contribution in [0.3, 0.4) is 0 Å². The summed E-state index contributed by atoms with van der Waals surface area (Å²) >= 11 is 0. The van der Waals surface area contributed by atoms with Crippen LogP contribution in [0.1, 0.15) is 97.2 Å². The lowest BCUT2D eigenvalue weighted by Gasteiger charge is -2.38. The van der Waals surface area contributed by atoms with E-state index in [4.69, 9.17) is 14.2 Å². The number of pyridine rings is 1. The van der Waals surface area contributed by atoms with Crippen molar-refractivity contribution < 1.29 is 33.7 Å². The normalized spacial score (nSPS) is 20.3. The predicted molar refractivity (Wildman–Crippen MR) is 237 cm³/mol. The molecule has 1 aliphatic carbocycles. The number of amides is 3. The molecule has 322 valence electrons. The van der Waals surface area contributed by atoms with E-state index in [9.17, 15) is 19.5 Å². The highest BCUT2D eigenvalue weighted by atomic mass is 16.6. The Morgan fingerprint density at radius 2 is 1.61 bits per heavy atom. The summed E-state index contributed by atoms with van der Waals surface area (Å²) in [5.74, 6) is 1.05. The summed E-state index contributed by atoms with van der Waals surface area (Å²) in [5, 5.41) is 16.2. The molecule has 1 aromatic heterocycles. The monoisotopic (exact) mass is 836 g/mol. The molecule has 0 saturated heterocycles. The minimum Gasteiger partial charge on any atom is -0.490 e. The van der Waals surface area contributed by atoms with Gasteiger partial charge in [-0.05, 0) is 127 Å². The first kappa shape index (κ1) is 42.3. The lowest BCUT2D eigenvalue weighted by Crippen LogP contribution is -2.57. The molecule has 2 aliphatic heterocycles. The van der Waals surface area contributed by atoms with Crippen molar-refractivity contribution in [1.82, 2.24) is 20.5 Å². The number of rotatable bonds is 12. The Hall–Kier alpha value is -6.36. The van der Waals surface area contributed by atoms with Gasteiger partial charge in [-0.3, -0.25) is 9.78 Å². The van der Waals surface area contributed by atoms with Gasteiger partial charge in [0.1, 0.15) is 24.4 Å². The lowest BCUT2D eigenvalue weighted by molar-refractivity contribution is -0.142. The van der Waals surface area contributed by atoms with E-state index in [-0.39, 0.29) is 37.6 Å². The molecule has 3 aliphatic rings. The third-order valence-electron chi connectivity index (χ3n) is 13.0. The van der Waals surface area contributed by atoms with Crippen LogP contribution < -0.4 is 24.8 Å². The van der Waals surface area contributed by atoms with Gasteiger partial charge < -0.3 is 34.9 Å². The van der Waals surface area contributed by atoms with Crippen molar-refractivity contribution in [3.05, 3.63) is 142 Å². The van der Waals surface area contributed by atoms with E-state index in [1.807, 2.05) is 118 Å². The number of aryl methyl sites for hydroxylation is 1. The van der Waals surface area contributed by atoms with E-state index in [2.05, 4.69) is 22.5 Å². The first-order valence-corrected chi connectivity index (χ1v) is 21.9. The molecular weight excluding hydrogens is 781 g/mol. The Kier molecular flexibility index (Phi) is 12.8. The van der Waals surface area contributed by atoms with Crippen molar-refractivity contribution in [2.24, 2.45) is 5.92 Å². The number of benzene rings is 4. The van der Waals surface area contributed by atoms with Crippen LogP contribution in [0.4, 0.5) is 4.79 Å². The summed E-state index contributed by atoms with van der Waals surface area (Å²) in [6, 6.07) is 28.0. The number of nitrogens with one attached hydrogen (secondary N) is 2. The smallest absolute Gasteiger partial charge is 0.326 e. The quantitative estimate of drug-likeness (QED) is 0.113. The Morgan fingerprint density at radius 1 is 0.887 bits per heavy atom. The van der Waals surface area contributed by atoms with E-state index in [0.29, 0.717) is 18.1 Å². The number of urea groups is 1. The first-order chi connectivity index (χ1) is 30.0. The second-order valence-corrected chi connectivity index (χ2v) is 17.0. The molecule has 3 heterocycles. The molecule has 0 spiro atoms. The Balaban J connectivity index is 0.985. The largest absolute Gasteiger partial charge is 0.490 e. The summed E-state index contributed by atoms with van der Waals surface area (Å²) in [6.07, 6.45) is 7.73. The molecule has 3 amide bonds. The highest BCUT2D eigenvalue weighted by Gasteiger charge is 2.38. The zero-order valence-corrected chi connectivity index (χ0v) is 35.9. The molecule has 0 radical (unpaired) electrons. The molecule has 8 rings (SSSR count). The third-order valence-corrected chi connectivity index (χ3v) is 13.0. The second kappa shape index (κ2) is 18.7. The van der Waals surface area contributed by atoms with Gasteiger partial charge in [-0.2, -0.15) is 0 Å². The zero-order valence-electron chi connectivity index (χ0n) is 35.9. The maximum atomic E-state index is 14.3. The minimum atomic E-state index is -1.23. The van der Waals surface area contributed by atoms with Crippen LogP contribution in [-0.2, 0) is 29.0 Å². The van der Waals surface area contributed by atoms with Gasteiger partial charge in [0.2, 0.25) is 5.91 Å². The highest BCUT2D eigenvalue weighted by molar-refractivity contribution is 5.91. The molecule has 5 aromatic rings. The van der Waals surface area contributed by atoms with Crippen LogP contribution in [-0.4, -0.2) is 57.7 Å². The van der Waals surface area contributed by atoms with Crippen molar-refractivity contribution in [2.75, 3.05) is 6.61 Å². The molecule has 1 saturated carbocycles. The number of aromatic nitrogens is 1. The van der Waals surface area contributed by atoms with E-state index < -0.39 is 30.0 Å². The fourth-order valence-electron chi connectivity index (χ4n) is 8.94. The Morgan fingerprint density at radius 3 is 2.32 bits per heavy atom. The minimum absolute atomic E-state index is 0.0613. The average molecular weight is 837 g/mol. The molecule has 0 bridgehead atoms. The molecule has 11 nitrogen and oxygen atoms in total. The van der Waals surface area contributed by atoms with Crippen LogP contribution in [0.2, 0.25) is 0 Å².